The van der Waals surface area contributed by atoms with Crippen LogP contribution in [0.2, 0.25) is 0 Å². The van der Waals surface area contributed by atoms with Crippen LogP contribution in [0.25, 0.3) is 0 Å². The van der Waals surface area contributed by atoms with E-state index in [-0.39, 0.29) is 5.54 Å². The summed E-state index contributed by atoms with van der Waals surface area (Å²) in [6.45, 7) is 3.72. The minimum absolute atomic E-state index is 0.301. The van der Waals surface area contributed by atoms with Crippen LogP contribution in [0.5, 0.6) is 0 Å². The fourth-order valence-corrected chi connectivity index (χ4v) is 1.79. The second kappa shape index (κ2) is 4.74. The zero-order valence-electron chi connectivity index (χ0n) is 9.38. The van der Waals surface area contributed by atoms with Gasteiger partial charge in [-0.3, -0.25) is 5.32 Å². The van der Waals surface area contributed by atoms with Crippen molar-refractivity contribution in [3.63, 3.8) is 0 Å². The average molecular weight is 196 g/mol. The number of rotatable bonds is 4. The number of likely N-dealkylation sites (N-methyl/N-ethyl adjacent to an activating group) is 2. The van der Waals surface area contributed by atoms with Gasteiger partial charge in [-0.15, -0.1) is 0 Å². The molecule has 14 heavy (non-hydrogen) atoms. The van der Waals surface area contributed by atoms with Gasteiger partial charge < -0.3 is 9.80 Å². The molecule has 1 aliphatic heterocycles. The fourth-order valence-electron chi connectivity index (χ4n) is 1.79. The molecule has 0 aliphatic carbocycles. The van der Waals surface area contributed by atoms with Gasteiger partial charge in [-0.1, -0.05) is 0 Å². The van der Waals surface area contributed by atoms with Crippen molar-refractivity contribution in [2.75, 3.05) is 47.3 Å². The standard InChI is InChI=1S/C10H20N4/c1-13(2)7-5-12-10(8-11)4-6-14(3)9-10/h12H,4-7,9H2,1-3H3. The number of hydrogen-bond acceptors (Lipinski definition) is 4. The van der Waals surface area contributed by atoms with Gasteiger partial charge in [0.2, 0.25) is 0 Å². The average Bonchev–Trinajstić information content (AvgIpc) is 2.48. The first kappa shape index (κ1) is 11.4. The van der Waals surface area contributed by atoms with Crippen molar-refractivity contribution in [2.45, 2.75) is 12.0 Å². The third-order valence-corrected chi connectivity index (χ3v) is 2.70. The molecular formula is C10H20N4. The summed E-state index contributed by atoms with van der Waals surface area (Å²) in [6.07, 6.45) is 0.938. The Morgan fingerprint density at radius 3 is 2.71 bits per heavy atom. The van der Waals surface area contributed by atoms with E-state index < -0.39 is 0 Å². The van der Waals surface area contributed by atoms with Crippen molar-refractivity contribution in [2.24, 2.45) is 0 Å². The molecule has 80 valence electrons. The van der Waals surface area contributed by atoms with E-state index >= 15 is 0 Å². The van der Waals surface area contributed by atoms with E-state index in [0.29, 0.717) is 0 Å². The maximum atomic E-state index is 9.15. The van der Waals surface area contributed by atoms with E-state index in [4.69, 9.17) is 5.26 Å². The van der Waals surface area contributed by atoms with Crippen LogP contribution in [0, 0.1) is 11.3 Å². The van der Waals surface area contributed by atoms with E-state index in [9.17, 15) is 0 Å². The SMILES string of the molecule is CN(C)CCNC1(C#N)CCN(C)C1. The number of hydrogen-bond donors (Lipinski definition) is 1. The van der Waals surface area contributed by atoms with E-state index in [1.807, 2.05) is 14.1 Å². The molecule has 1 saturated heterocycles. The first-order valence-corrected chi connectivity index (χ1v) is 5.07. The van der Waals surface area contributed by atoms with Gasteiger partial charge in [0, 0.05) is 26.2 Å². The number of likely N-dealkylation sites (tertiary alicyclic amines) is 1. The lowest BCUT2D eigenvalue weighted by Crippen LogP contribution is -2.48. The predicted molar refractivity (Wildman–Crippen MR) is 57.0 cm³/mol. The number of nitrogens with one attached hydrogen (secondary N) is 1. The quantitative estimate of drug-likeness (QED) is 0.672. The second-order valence-corrected chi connectivity index (χ2v) is 4.41. The van der Waals surface area contributed by atoms with Gasteiger partial charge in [0.15, 0.2) is 0 Å². The van der Waals surface area contributed by atoms with Crippen molar-refractivity contribution >= 4 is 0 Å². The molecule has 0 spiro atoms. The van der Waals surface area contributed by atoms with E-state index in [2.05, 4.69) is 28.2 Å². The van der Waals surface area contributed by atoms with Gasteiger partial charge in [-0.2, -0.15) is 5.26 Å². The van der Waals surface area contributed by atoms with Gasteiger partial charge in [0.05, 0.1) is 6.07 Å². The lowest BCUT2D eigenvalue weighted by atomic mass is 10.0. The fraction of sp³-hybridized carbons (Fsp3) is 0.900. The molecule has 0 aromatic rings. The highest BCUT2D eigenvalue weighted by molar-refractivity contribution is 5.12. The van der Waals surface area contributed by atoms with Crippen LogP contribution in [0.1, 0.15) is 6.42 Å². The van der Waals surface area contributed by atoms with Gasteiger partial charge >= 0.3 is 0 Å². The van der Waals surface area contributed by atoms with Crippen molar-refractivity contribution in [1.82, 2.24) is 15.1 Å². The van der Waals surface area contributed by atoms with Crippen LogP contribution >= 0.6 is 0 Å². The maximum absolute atomic E-state index is 9.15. The van der Waals surface area contributed by atoms with Gasteiger partial charge in [-0.05, 0) is 27.6 Å². The van der Waals surface area contributed by atoms with E-state index in [1.165, 1.54) is 0 Å². The molecule has 1 heterocycles. The molecule has 0 radical (unpaired) electrons. The summed E-state index contributed by atoms with van der Waals surface area (Å²) in [6, 6.07) is 2.41. The Morgan fingerprint density at radius 1 is 1.57 bits per heavy atom. The Kier molecular flexibility index (Phi) is 3.87. The third-order valence-electron chi connectivity index (χ3n) is 2.70. The summed E-state index contributed by atoms with van der Waals surface area (Å²) >= 11 is 0. The second-order valence-electron chi connectivity index (χ2n) is 4.41. The first-order chi connectivity index (χ1) is 6.58. The number of nitriles is 1. The molecule has 1 rings (SSSR count). The van der Waals surface area contributed by atoms with Gasteiger partial charge in [-0.25, -0.2) is 0 Å². The Hall–Kier alpha value is -0.630. The first-order valence-electron chi connectivity index (χ1n) is 5.07. The van der Waals surface area contributed by atoms with Crippen molar-refractivity contribution in [1.29, 1.82) is 5.26 Å². The molecule has 1 aliphatic rings. The Balaban J connectivity index is 2.36. The lowest BCUT2D eigenvalue weighted by molar-refractivity contribution is 0.338. The van der Waals surface area contributed by atoms with Crippen LogP contribution in [0.4, 0.5) is 0 Å². The monoisotopic (exact) mass is 196 g/mol. The highest BCUT2D eigenvalue weighted by Crippen LogP contribution is 2.18. The molecule has 1 unspecified atom stereocenters. The van der Waals surface area contributed by atoms with Crippen LogP contribution in [-0.4, -0.2) is 62.7 Å². The van der Waals surface area contributed by atoms with Gasteiger partial charge in [0.25, 0.3) is 0 Å². The molecule has 0 aromatic heterocycles. The van der Waals surface area contributed by atoms with Crippen molar-refractivity contribution < 1.29 is 0 Å². The normalized spacial score (nSPS) is 28.2. The topological polar surface area (TPSA) is 42.3 Å². The van der Waals surface area contributed by atoms with Crippen molar-refractivity contribution in [3.8, 4) is 6.07 Å². The summed E-state index contributed by atoms with van der Waals surface area (Å²) in [5, 5.41) is 12.5. The molecule has 1 fully saturated rings. The molecule has 1 atom stereocenters. The smallest absolute Gasteiger partial charge is 0.120 e. The lowest BCUT2D eigenvalue weighted by Gasteiger charge is -2.23. The molecule has 0 bridgehead atoms. The van der Waals surface area contributed by atoms with Crippen LogP contribution < -0.4 is 5.32 Å². The molecule has 0 aromatic carbocycles. The predicted octanol–water partition coefficient (Wildman–Crippen LogP) is -0.265. The van der Waals surface area contributed by atoms with Crippen LogP contribution in [0.3, 0.4) is 0 Å². The summed E-state index contributed by atoms with van der Waals surface area (Å²) in [7, 11) is 6.15. The Morgan fingerprint density at radius 2 is 2.29 bits per heavy atom. The van der Waals surface area contributed by atoms with Crippen LogP contribution in [0.15, 0.2) is 0 Å². The zero-order valence-corrected chi connectivity index (χ0v) is 9.38. The molecule has 0 amide bonds. The highest BCUT2D eigenvalue weighted by atomic mass is 15.2. The highest BCUT2D eigenvalue weighted by Gasteiger charge is 2.36. The summed E-state index contributed by atoms with van der Waals surface area (Å²) < 4.78 is 0. The molecular weight excluding hydrogens is 176 g/mol. The molecule has 4 heteroatoms. The minimum Gasteiger partial charge on any atom is -0.308 e. The minimum atomic E-state index is -0.301. The molecule has 0 saturated carbocycles. The Bertz CT molecular complexity index is 221. The van der Waals surface area contributed by atoms with E-state index in [1.54, 1.807) is 0 Å². The summed E-state index contributed by atoms with van der Waals surface area (Å²) in [4.78, 5) is 4.32. The Labute approximate surface area is 86.5 Å². The van der Waals surface area contributed by atoms with Gasteiger partial charge in [0.1, 0.15) is 5.54 Å². The largest absolute Gasteiger partial charge is 0.308 e. The summed E-state index contributed by atoms with van der Waals surface area (Å²) in [5.41, 5.74) is -0.301. The van der Waals surface area contributed by atoms with Crippen LogP contribution in [-0.2, 0) is 0 Å². The summed E-state index contributed by atoms with van der Waals surface area (Å²) in [5.74, 6) is 0. The number of nitrogens with zero attached hydrogens (tertiary/aromatic N) is 3. The molecule has 4 nitrogen and oxygen atoms in total. The van der Waals surface area contributed by atoms with Crippen molar-refractivity contribution in [3.05, 3.63) is 0 Å². The van der Waals surface area contributed by atoms with E-state index in [0.717, 1.165) is 32.6 Å². The molecule has 1 N–H and O–H groups in total. The maximum Gasteiger partial charge on any atom is 0.120 e. The third kappa shape index (κ3) is 2.95. The zero-order chi connectivity index (χ0) is 10.6.